The average Bonchev–Trinajstić information content (AvgIpc) is 2.97. The molecule has 0 aliphatic rings. The van der Waals surface area contributed by atoms with Crippen molar-refractivity contribution in [3.05, 3.63) is 84.5 Å². The maximum Gasteiger partial charge on any atom is 0.233 e. The van der Waals surface area contributed by atoms with E-state index in [2.05, 4.69) is 5.32 Å². The second-order valence-electron chi connectivity index (χ2n) is 5.89. The summed E-state index contributed by atoms with van der Waals surface area (Å²) in [7, 11) is 0. The minimum absolute atomic E-state index is 0.172. The van der Waals surface area contributed by atoms with E-state index in [1.165, 1.54) is 0 Å². The van der Waals surface area contributed by atoms with E-state index in [1.54, 1.807) is 12.7 Å². The number of benzene rings is 3. The van der Waals surface area contributed by atoms with Gasteiger partial charge in [0.2, 0.25) is 5.91 Å². The van der Waals surface area contributed by atoms with Crippen molar-refractivity contribution in [1.82, 2.24) is 0 Å². The van der Waals surface area contributed by atoms with Crippen LogP contribution in [0.25, 0.3) is 21.7 Å². The summed E-state index contributed by atoms with van der Waals surface area (Å²) in [5.41, 5.74) is 3.48. The van der Waals surface area contributed by atoms with Gasteiger partial charge < -0.3 is 9.73 Å². The second-order valence-corrected chi connectivity index (χ2v) is 5.89. The number of nitrogens with one attached hydrogen (secondary N) is 1. The smallest absolute Gasteiger partial charge is 0.233 e. The fourth-order valence-electron chi connectivity index (χ4n) is 2.86. The van der Waals surface area contributed by atoms with Crippen LogP contribution in [0, 0.1) is 13.3 Å². The number of fused-ring (bicyclic) bond motifs is 2. The van der Waals surface area contributed by atoms with Gasteiger partial charge in [-0.1, -0.05) is 42.0 Å². The van der Waals surface area contributed by atoms with E-state index in [0.717, 1.165) is 38.6 Å². The Kier molecular flexibility index (Phi) is 3.54. The van der Waals surface area contributed by atoms with Gasteiger partial charge in [-0.25, -0.2) is 0 Å². The van der Waals surface area contributed by atoms with Crippen molar-refractivity contribution in [2.24, 2.45) is 0 Å². The maximum atomic E-state index is 12.3. The largest absolute Gasteiger partial charge is 0.464 e. The standard InChI is InChI=1S/C21H16NO2/c1-14-6-9-20-19(10-14)17(13-24-20)12-21(23)22-18-8-7-15-4-2-3-5-16(15)11-18/h2-13H,1H3,(H,22,23). The lowest BCUT2D eigenvalue weighted by Crippen LogP contribution is -2.12. The van der Waals surface area contributed by atoms with Crippen molar-refractivity contribution in [2.45, 2.75) is 6.92 Å². The van der Waals surface area contributed by atoms with E-state index in [-0.39, 0.29) is 5.91 Å². The molecule has 24 heavy (non-hydrogen) atoms. The summed E-state index contributed by atoms with van der Waals surface area (Å²) in [4.78, 5) is 12.3. The quantitative estimate of drug-likeness (QED) is 0.572. The van der Waals surface area contributed by atoms with E-state index in [9.17, 15) is 4.79 Å². The van der Waals surface area contributed by atoms with Gasteiger partial charge in [0.1, 0.15) is 5.58 Å². The molecular formula is C21H16NO2. The number of carbonyl (C=O) groups excluding carboxylic acids is 1. The first-order valence-corrected chi connectivity index (χ1v) is 7.81. The predicted molar refractivity (Wildman–Crippen MR) is 96.9 cm³/mol. The molecule has 1 N–H and O–H groups in total. The van der Waals surface area contributed by atoms with Gasteiger partial charge in [0.25, 0.3) is 0 Å². The predicted octanol–water partition coefficient (Wildman–Crippen LogP) is 5.09. The molecular weight excluding hydrogens is 298 g/mol. The highest BCUT2D eigenvalue weighted by molar-refractivity contribution is 6.03. The molecule has 0 spiro atoms. The normalized spacial score (nSPS) is 11.0. The van der Waals surface area contributed by atoms with Gasteiger partial charge in [-0.2, -0.15) is 0 Å². The number of rotatable bonds is 3. The van der Waals surface area contributed by atoms with Crippen molar-refractivity contribution in [3.8, 4) is 0 Å². The van der Waals surface area contributed by atoms with Gasteiger partial charge in [-0.05, 0) is 42.0 Å². The van der Waals surface area contributed by atoms with Crippen LogP contribution in [0.15, 0.2) is 71.3 Å². The molecule has 0 saturated heterocycles. The van der Waals surface area contributed by atoms with E-state index < -0.39 is 0 Å². The summed E-state index contributed by atoms with van der Waals surface area (Å²) < 4.78 is 5.50. The third-order valence-corrected chi connectivity index (χ3v) is 4.06. The van der Waals surface area contributed by atoms with Crippen molar-refractivity contribution in [1.29, 1.82) is 0 Å². The van der Waals surface area contributed by atoms with Crippen LogP contribution in [0.3, 0.4) is 0 Å². The molecule has 0 atom stereocenters. The van der Waals surface area contributed by atoms with Crippen molar-refractivity contribution < 1.29 is 9.21 Å². The SMILES string of the molecule is Cc1ccc2occ([CH]C(=O)Nc3ccc4ccccc4c3)c2c1. The van der Waals surface area contributed by atoms with E-state index in [1.807, 2.05) is 67.6 Å². The molecule has 117 valence electrons. The molecule has 0 fully saturated rings. The molecule has 1 heterocycles. The Morgan fingerprint density at radius 3 is 2.71 bits per heavy atom. The Morgan fingerprint density at radius 2 is 1.83 bits per heavy atom. The Labute approximate surface area is 139 Å². The zero-order valence-electron chi connectivity index (χ0n) is 13.2. The summed E-state index contributed by atoms with van der Waals surface area (Å²) in [6.07, 6.45) is 3.19. The van der Waals surface area contributed by atoms with Crippen LogP contribution < -0.4 is 5.32 Å². The summed E-state index contributed by atoms with van der Waals surface area (Å²) >= 11 is 0. The molecule has 1 radical (unpaired) electrons. The average molecular weight is 314 g/mol. The first-order chi connectivity index (χ1) is 11.7. The lowest BCUT2D eigenvalue weighted by molar-refractivity contribution is -0.112. The zero-order chi connectivity index (χ0) is 16.5. The Balaban J connectivity index is 1.55. The minimum atomic E-state index is -0.172. The Hall–Kier alpha value is -3.07. The first-order valence-electron chi connectivity index (χ1n) is 7.81. The summed E-state index contributed by atoms with van der Waals surface area (Å²) in [5, 5.41) is 6.11. The summed E-state index contributed by atoms with van der Waals surface area (Å²) in [6, 6.07) is 19.9. The van der Waals surface area contributed by atoms with Crippen LogP contribution in [0.5, 0.6) is 0 Å². The lowest BCUT2D eigenvalue weighted by atomic mass is 10.1. The van der Waals surface area contributed by atoms with Crippen LogP contribution in [0.4, 0.5) is 5.69 Å². The molecule has 0 unspecified atom stereocenters. The number of amides is 1. The second kappa shape index (κ2) is 5.85. The number of anilines is 1. The zero-order valence-corrected chi connectivity index (χ0v) is 13.2. The van der Waals surface area contributed by atoms with Gasteiger partial charge in [-0.15, -0.1) is 0 Å². The third kappa shape index (κ3) is 2.76. The van der Waals surface area contributed by atoms with Gasteiger partial charge in [0.05, 0.1) is 12.7 Å². The highest BCUT2D eigenvalue weighted by atomic mass is 16.3. The van der Waals surface area contributed by atoms with Gasteiger partial charge in [-0.3, -0.25) is 4.79 Å². The van der Waals surface area contributed by atoms with Crippen LogP contribution in [-0.4, -0.2) is 5.91 Å². The number of carbonyl (C=O) groups is 1. The molecule has 4 aromatic rings. The summed E-state index contributed by atoms with van der Waals surface area (Å²) in [6.45, 7) is 2.02. The molecule has 0 bridgehead atoms. The van der Waals surface area contributed by atoms with Crippen molar-refractivity contribution in [3.63, 3.8) is 0 Å². The van der Waals surface area contributed by atoms with Crippen LogP contribution in [0.2, 0.25) is 0 Å². The highest BCUT2D eigenvalue weighted by Crippen LogP contribution is 2.24. The van der Waals surface area contributed by atoms with Crippen molar-refractivity contribution in [2.75, 3.05) is 5.32 Å². The number of hydrogen-bond acceptors (Lipinski definition) is 2. The first kappa shape index (κ1) is 14.5. The van der Waals surface area contributed by atoms with E-state index in [0.29, 0.717) is 0 Å². The number of aryl methyl sites for hydroxylation is 1. The van der Waals surface area contributed by atoms with Gasteiger partial charge in [0.15, 0.2) is 0 Å². The molecule has 1 amide bonds. The van der Waals surface area contributed by atoms with Crippen LogP contribution in [-0.2, 0) is 4.79 Å². The fraction of sp³-hybridized carbons (Fsp3) is 0.0476. The molecule has 3 aromatic carbocycles. The Bertz CT molecular complexity index is 1050. The number of furan rings is 1. The summed E-state index contributed by atoms with van der Waals surface area (Å²) in [5.74, 6) is -0.172. The van der Waals surface area contributed by atoms with E-state index >= 15 is 0 Å². The lowest BCUT2D eigenvalue weighted by Gasteiger charge is -2.06. The molecule has 4 rings (SSSR count). The maximum absolute atomic E-state index is 12.3. The van der Waals surface area contributed by atoms with Crippen LogP contribution >= 0.6 is 0 Å². The number of hydrogen-bond donors (Lipinski definition) is 1. The fourth-order valence-corrected chi connectivity index (χ4v) is 2.86. The topological polar surface area (TPSA) is 42.2 Å². The molecule has 0 saturated carbocycles. The van der Waals surface area contributed by atoms with Crippen LogP contribution in [0.1, 0.15) is 11.1 Å². The molecule has 1 aromatic heterocycles. The molecule has 0 aliphatic carbocycles. The third-order valence-electron chi connectivity index (χ3n) is 4.06. The van der Waals surface area contributed by atoms with Gasteiger partial charge >= 0.3 is 0 Å². The molecule has 0 aliphatic heterocycles. The van der Waals surface area contributed by atoms with E-state index in [4.69, 9.17) is 4.42 Å². The monoisotopic (exact) mass is 314 g/mol. The molecule has 3 heteroatoms. The minimum Gasteiger partial charge on any atom is -0.464 e. The Morgan fingerprint density at radius 1 is 1.00 bits per heavy atom. The highest BCUT2D eigenvalue weighted by Gasteiger charge is 2.11. The van der Waals surface area contributed by atoms with Crippen molar-refractivity contribution >= 4 is 33.3 Å². The molecule has 3 nitrogen and oxygen atoms in total. The van der Waals surface area contributed by atoms with Gasteiger partial charge in [0, 0.05) is 16.6 Å².